The highest BCUT2D eigenvalue weighted by molar-refractivity contribution is 9.10. The minimum Gasteiger partial charge on any atom is -0.480 e. The molecule has 0 spiro atoms. The van der Waals surface area contributed by atoms with Gasteiger partial charge >= 0.3 is 6.03 Å². The van der Waals surface area contributed by atoms with Gasteiger partial charge in [-0.2, -0.15) is 0 Å². The topological polar surface area (TPSA) is 102 Å². The Hall–Kier alpha value is -1.32. The molecule has 0 bridgehead atoms. The number of hydrogen-bond donors (Lipinski definition) is 2. The number of urea groups is 1. The largest absolute Gasteiger partial charge is 0.480 e. The number of imide groups is 1. The van der Waals surface area contributed by atoms with Crippen molar-refractivity contribution < 1.29 is 22.7 Å². The summed E-state index contributed by atoms with van der Waals surface area (Å²) in [5.74, 6) is -0.408. The Balaban J connectivity index is 2.84. The molecule has 0 aliphatic carbocycles. The van der Waals surface area contributed by atoms with Crippen LogP contribution in [0.5, 0.6) is 5.75 Å². The Morgan fingerprint density at radius 3 is 2.48 bits per heavy atom. The first-order chi connectivity index (χ1) is 9.65. The molecule has 116 valence electrons. The Morgan fingerprint density at radius 1 is 1.38 bits per heavy atom. The van der Waals surface area contributed by atoms with E-state index in [9.17, 15) is 18.0 Å². The van der Waals surface area contributed by atoms with Crippen molar-refractivity contribution in [3.63, 3.8) is 0 Å². The molecule has 1 unspecified atom stereocenters. The molecule has 7 nitrogen and oxygen atoms in total. The van der Waals surface area contributed by atoms with Crippen molar-refractivity contribution in [3.8, 4) is 5.75 Å². The van der Waals surface area contributed by atoms with Crippen LogP contribution in [0.3, 0.4) is 0 Å². The lowest BCUT2D eigenvalue weighted by Gasteiger charge is -2.15. The maximum absolute atomic E-state index is 11.6. The van der Waals surface area contributed by atoms with Crippen LogP contribution in [-0.4, -0.2) is 33.5 Å². The van der Waals surface area contributed by atoms with E-state index in [4.69, 9.17) is 15.4 Å². The minimum absolute atomic E-state index is 0.106. The zero-order valence-corrected chi connectivity index (χ0v) is 14.2. The Morgan fingerprint density at radius 2 is 2.00 bits per heavy atom. The van der Waals surface area contributed by atoms with E-state index in [-0.39, 0.29) is 10.6 Å². The maximum atomic E-state index is 11.6. The summed E-state index contributed by atoms with van der Waals surface area (Å²) < 4.78 is 28.0. The summed E-state index contributed by atoms with van der Waals surface area (Å²) >= 11 is 3.12. The first-order valence-electron chi connectivity index (χ1n) is 5.58. The van der Waals surface area contributed by atoms with Crippen LogP contribution in [0.1, 0.15) is 6.92 Å². The average Bonchev–Trinajstić information content (AvgIpc) is 2.39. The molecular weight excluding hydrogens is 388 g/mol. The summed E-state index contributed by atoms with van der Waals surface area (Å²) in [4.78, 5) is 22.5. The summed E-state index contributed by atoms with van der Waals surface area (Å²) in [5.41, 5.74) is 0. The molecule has 0 fully saturated rings. The number of amides is 3. The maximum Gasteiger partial charge on any atom is 0.321 e. The predicted molar refractivity (Wildman–Crippen MR) is 79.9 cm³/mol. The Kier molecular flexibility index (Phi) is 5.99. The van der Waals surface area contributed by atoms with Crippen molar-refractivity contribution in [1.29, 1.82) is 0 Å². The molecule has 0 aliphatic heterocycles. The molecule has 1 aromatic carbocycles. The van der Waals surface area contributed by atoms with Crippen LogP contribution < -0.4 is 15.4 Å². The molecule has 0 saturated carbocycles. The van der Waals surface area contributed by atoms with Crippen molar-refractivity contribution in [1.82, 2.24) is 10.6 Å². The molecular formula is C11H12BrClN2O5S. The first-order valence-corrected chi connectivity index (χ1v) is 8.69. The predicted octanol–water partition coefficient (Wildman–Crippen LogP) is 1.60. The minimum atomic E-state index is -3.85. The summed E-state index contributed by atoms with van der Waals surface area (Å²) in [7, 11) is 2.73. The summed E-state index contributed by atoms with van der Waals surface area (Å²) in [6.45, 7) is 1.44. The second kappa shape index (κ2) is 7.10. The van der Waals surface area contributed by atoms with Gasteiger partial charge in [0.15, 0.2) is 6.10 Å². The van der Waals surface area contributed by atoms with E-state index < -0.39 is 27.1 Å². The second-order valence-electron chi connectivity index (χ2n) is 3.86. The van der Waals surface area contributed by atoms with Crippen LogP contribution in [-0.2, 0) is 13.8 Å². The number of rotatable bonds is 4. The van der Waals surface area contributed by atoms with Gasteiger partial charge < -0.3 is 10.1 Å². The number of halogens is 2. The third kappa shape index (κ3) is 5.18. The van der Waals surface area contributed by atoms with Crippen LogP contribution in [0.25, 0.3) is 0 Å². The van der Waals surface area contributed by atoms with Crippen molar-refractivity contribution in [2.45, 2.75) is 17.9 Å². The van der Waals surface area contributed by atoms with E-state index in [0.717, 1.165) is 0 Å². The zero-order valence-electron chi connectivity index (χ0n) is 11.0. The van der Waals surface area contributed by atoms with Gasteiger partial charge in [-0.1, -0.05) is 0 Å². The van der Waals surface area contributed by atoms with E-state index in [1.165, 1.54) is 32.2 Å². The Bertz CT molecular complexity index is 665. The van der Waals surface area contributed by atoms with Crippen LogP contribution in [0.4, 0.5) is 4.79 Å². The number of carbonyl (C=O) groups is 2. The van der Waals surface area contributed by atoms with Crippen molar-refractivity contribution in [2.75, 3.05) is 7.05 Å². The quantitative estimate of drug-likeness (QED) is 0.749. The van der Waals surface area contributed by atoms with E-state index in [1.54, 1.807) is 0 Å². The lowest BCUT2D eigenvalue weighted by molar-refractivity contribution is -0.126. The van der Waals surface area contributed by atoms with Gasteiger partial charge in [-0.05, 0) is 41.1 Å². The number of ether oxygens (including phenoxy) is 1. The fourth-order valence-corrected chi connectivity index (χ4v) is 2.65. The van der Waals surface area contributed by atoms with Crippen LogP contribution in [0.2, 0.25) is 0 Å². The fourth-order valence-electron chi connectivity index (χ4n) is 1.25. The summed E-state index contributed by atoms with van der Waals surface area (Å²) in [6, 6.07) is 3.19. The molecule has 0 radical (unpaired) electrons. The molecule has 21 heavy (non-hydrogen) atoms. The SMILES string of the molecule is CNC(=O)NC(=O)C(C)Oc1ccc(S(=O)(=O)Cl)cc1Br. The van der Waals surface area contributed by atoms with E-state index in [0.29, 0.717) is 4.47 Å². The van der Waals surface area contributed by atoms with Gasteiger partial charge in [-0.25, -0.2) is 13.2 Å². The van der Waals surface area contributed by atoms with Gasteiger partial charge in [-0.15, -0.1) is 0 Å². The van der Waals surface area contributed by atoms with E-state index in [1.807, 2.05) is 0 Å². The van der Waals surface area contributed by atoms with Crippen LogP contribution in [0.15, 0.2) is 27.6 Å². The standard InChI is InChI=1S/C11H12BrClN2O5S/c1-6(10(16)15-11(17)14-2)20-9-4-3-7(5-8(9)12)21(13,18)19/h3-6H,1-2H3,(H2,14,15,16,17). The van der Waals surface area contributed by atoms with Gasteiger partial charge in [0.1, 0.15) is 5.75 Å². The van der Waals surface area contributed by atoms with Crippen molar-refractivity contribution >= 4 is 47.6 Å². The third-order valence-electron chi connectivity index (χ3n) is 2.32. The molecule has 10 heteroatoms. The van der Waals surface area contributed by atoms with Gasteiger partial charge in [-0.3, -0.25) is 10.1 Å². The fraction of sp³-hybridized carbons (Fsp3) is 0.273. The second-order valence-corrected chi connectivity index (χ2v) is 7.28. The molecule has 0 aliphatic rings. The van der Waals surface area contributed by atoms with Gasteiger partial charge in [0.2, 0.25) is 0 Å². The summed E-state index contributed by atoms with van der Waals surface area (Å²) in [6.07, 6.45) is -0.961. The normalized spacial score (nSPS) is 12.4. The Labute approximate surface area is 134 Å². The van der Waals surface area contributed by atoms with Crippen LogP contribution in [0, 0.1) is 0 Å². The van der Waals surface area contributed by atoms with E-state index in [2.05, 4.69) is 26.6 Å². The molecule has 3 amide bonds. The number of benzene rings is 1. The molecule has 1 aromatic rings. The van der Waals surface area contributed by atoms with E-state index >= 15 is 0 Å². The zero-order chi connectivity index (χ0) is 16.2. The van der Waals surface area contributed by atoms with Crippen molar-refractivity contribution in [3.05, 3.63) is 22.7 Å². The smallest absolute Gasteiger partial charge is 0.321 e. The lowest BCUT2D eigenvalue weighted by atomic mass is 10.3. The molecule has 0 heterocycles. The monoisotopic (exact) mass is 398 g/mol. The average molecular weight is 400 g/mol. The highest BCUT2D eigenvalue weighted by Gasteiger charge is 2.19. The van der Waals surface area contributed by atoms with Crippen LogP contribution >= 0.6 is 26.6 Å². The molecule has 0 aromatic heterocycles. The van der Waals surface area contributed by atoms with Gasteiger partial charge in [0.05, 0.1) is 9.37 Å². The molecule has 2 N–H and O–H groups in total. The third-order valence-corrected chi connectivity index (χ3v) is 4.29. The molecule has 1 rings (SSSR count). The highest BCUT2D eigenvalue weighted by atomic mass is 79.9. The van der Waals surface area contributed by atoms with Gasteiger partial charge in [0.25, 0.3) is 15.0 Å². The lowest BCUT2D eigenvalue weighted by Crippen LogP contribution is -2.44. The number of hydrogen-bond acceptors (Lipinski definition) is 5. The first kappa shape index (κ1) is 17.7. The van der Waals surface area contributed by atoms with Crippen molar-refractivity contribution in [2.24, 2.45) is 0 Å². The number of nitrogens with one attached hydrogen (secondary N) is 2. The van der Waals surface area contributed by atoms with Gasteiger partial charge in [0, 0.05) is 17.7 Å². The number of carbonyl (C=O) groups excluding carboxylic acids is 2. The highest BCUT2D eigenvalue weighted by Crippen LogP contribution is 2.29. The molecule has 0 saturated heterocycles. The molecule has 1 atom stereocenters. The summed E-state index contributed by atoms with van der Waals surface area (Å²) in [5, 5.41) is 4.29.